The lowest BCUT2D eigenvalue weighted by molar-refractivity contribution is -0.121. The molecular formula is C15H24N2O4S. The Labute approximate surface area is 132 Å². The normalized spacial score (nSPS) is 12.8. The molecule has 1 rings (SSSR count). The first kappa shape index (κ1) is 18.3. The van der Waals surface area contributed by atoms with Crippen molar-refractivity contribution >= 4 is 21.6 Å². The van der Waals surface area contributed by atoms with E-state index in [-0.39, 0.29) is 5.91 Å². The Morgan fingerprint density at radius 2 is 1.77 bits per heavy atom. The topological polar surface area (TPSA) is 75.7 Å². The monoisotopic (exact) mass is 328 g/mol. The highest BCUT2D eigenvalue weighted by Gasteiger charge is 2.28. The number of hydrogen-bond acceptors (Lipinski definition) is 4. The molecule has 22 heavy (non-hydrogen) atoms. The van der Waals surface area contributed by atoms with Crippen LogP contribution in [0.3, 0.4) is 0 Å². The minimum atomic E-state index is -3.59. The van der Waals surface area contributed by atoms with E-state index in [1.165, 1.54) is 7.11 Å². The Morgan fingerprint density at radius 1 is 1.23 bits per heavy atom. The van der Waals surface area contributed by atoms with E-state index in [0.29, 0.717) is 23.9 Å². The number of hydrogen-bond donors (Lipinski definition) is 1. The van der Waals surface area contributed by atoms with Crippen LogP contribution in [0.25, 0.3) is 0 Å². The Morgan fingerprint density at radius 3 is 2.18 bits per heavy atom. The highest BCUT2D eigenvalue weighted by Crippen LogP contribution is 2.23. The predicted molar refractivity (Wildman–Crippen MR) is 87.6 cm³/mol. The molecule has 7 heteroatoms. The van der Waals surface area contributed by atoms with Crippen LogP contribution in [-0.2, 0) is 14.8 Å². The zero-order valence-corrected chi connectivity index (χ0v) is 14.5. The SMILES string of the molecule is COc1ccc(N(C(C)C(=O)NCC(C)C)S(C)(=O)=O)cc1. The fraction of sp³-hybridized carbons (Fsp3) is 0.533. The van der Waals surface area contributed by atoms with Gasteiger partial charge in [-0.05, 0) is 37.1 Å². The average molecular weight is 328 g/mol. The van der Waals surface area contributed by atoms with Crippen LogP contribution in [0.1, 0.15) is 20.8 Å². The molecule has 0 aliphatic carbocycles. The molecule has 0 fully saturated rings. The summed E-state index contributed by atoms with van der Waals surface area (Å²) in [4.78, 5) is 12.2. The summed E-state index contributed by atoms with van der Waals surface area (Å²) in [5, 5.41) is 2.76. The zero-order valence-electron chi connectivity index (χ0n) is 13.7. The van der Waals surface area contributed by atoms with Gasteiger partial charge in [-0.2, -0.15) is 0 Å². The number of carbonyl (C=O) groups excluding carboxylic acids is 1. The molecule has 1 aromatic carbocycles. The molecule has 1 N–H and O–H groups in total. The molecule has 0 aromatic heterocycles. The number of methoxy groups -OCH3 is 1. The lowest BCUT2D eigenvalue weighted by Crippen LogP contribution is -2.48. The van der Waals surface area contributed by atoms with Crippen molar-refractivity contribution < 1.29 is 17.9 Å². The van der Waals surface area contributed by atoms with Gasteiger partial charge < -0.3 is 10.1 Å². The first-order valence-corrected chi connectivity index (χ1v) is 8.92. The van der Waals surface area contributed by atoms with Crippen LogP contribution >= 0.6 is 0 Å². The number of nitrogens with one attached hydrogen (secondary N) is 1. The summed E-state index contributed by atoms with van der Waals surface area (Å²) in [7, 11) is -2.06. The van der Waals surface area contributed by atoms with Crippen molar-refractivity contribution in [3.05, 3.63) is 24.3 Å². The number of amides is 1. The van der Waals surface area contributed by atoms with Gasteiger partial charge in [-0.15, -0.1) is 0 Å². The second kappa shape index (κ2) is 7.49. The van der Waals surface area contributed by atoms with E-state index < -0.39 is 16.1 Å². The van der Waals surface area contributed by atoms with E-state index in [1.807, 2.05) is 13.8 Å². The highest BCUT2D eigenvalue weighted by atomic mass is 32.2. The molecule has 0 heterocycles. The standard InChI is InChI=1S/C15H24N2O4S/c1-11(2)10-16-15(18)12(3)17(22(5,19)20)13-6-8-14(21-4)9-7-13/h6-9,11-12H,10H2,1-5H3,(H,16,18). The number of benzene rings is 1. The molecular weight excluding hydrogens is 304 g/mol. The quantitative estimate of drug-likeness (QED) is 0.825. The molecule has 1 atom stereocenters. The fourth-order valence-corrected chi connectivity index (χ4v) is 3.17. The Kier molecular flexibility index (Phi) is 6.22. The zero-order chi connectivity index (χ0) is 16.9. The fourth-order valence-electron chi connectivity index (χ4n) is 1.99. The largest absolute Gasteiger partial charge is 0.497 e. The molecule has 1 amide bonds. The van der Waals surface area contributed by atoms with Crippen LogP contribution in [0, 0.1) is 5.92 Å². The molecule has 0 aliphatic heterocycles. The van der Waals surface area contributed by atoms with Crippen LogP contribution in [0.2, 0.25) is 0 Å². The van der Waals surface area contributed by atoms with Crippen LogP contribution in [-0.4, -0.2) is 40.3 Å². The van der Waals surface area contributed by atoms with Crippen LogP contribution in [0.15, 0.2) is 24.3 Å². The second-order valence-electron chi connectivity index (χ2n) is 5.57. The molecule has 0 spiro atoms. The van der Waals surface area contributed by atoms with Crippen LogP contribution < -0.4 is 14.4 Å². The lowest BCUT2D eigenvalue weighted by atomic mass is 10.2. The van der Waals surface area contributed by atoms with Gasteiger partial charge in [-0.25, -0.2) is 8.42 Å². The van der Waals surface area contributed by atoms with Gasteiger partial charge in [0.05, 0.1) is 19.1 Å². The number of sulfonamides is 1. The molecule has 0 saturated heterocycles. The maximum Gasteiger partial charge on any atom is 0.243 e. The van der Waals surface area contributed by atoms with E-state index in [4.69, 9.17) is 4.74 Å². The molecule has 0 saturated carbocycles. The van der Waals surface area contributed by atoms with E-state index in [2.05, 4.69) is 5.32 Å². The first-order chi connectivity index (χ1) is 10.2. The van der Waals surface area contributed by atoms with Crippen molar-refractivity contribution in [2.75, 3.05) is 24.2 Å². The number of anilines is 1. The predicted octanol–water partition coefficient (Wildman–Crippen LogP) is 1.62. The van der Waals surface area contributed by atoms with Gasteiger partial charge in [-0.1, -0.05) is 13.8 Å². The summed E-state index contributed by atoms with van der Waals surface area (Å²) in [6.45, 7) is 6.02. The summed E-state index contributed by atoms with van der Waals surface area (Å²) >= 11 is 0. The van der Waals surface area contributed by atoms with Crippen molar-refractivity contribution in [3.63, 3.8) is 0 Å². The van der Waals surface area contributed by atoms with Gasteiger partial charge >= 0.3 is 0 Å². The van der Waals surface area contributed by atoms with Crippen molar-refractivity contribution in [1.82, 2.24) is 5.32 Å². The van der Waals surface area contributed by atoms with Crippen molar-refractivity contribution in [2.24, 2.45) is 5.92 Å². The van der Waals surface area contributed by atoms with Gasteiger partial charge in [0.25, 0.3) is 0 Å². The second-order valence-corrected chi connectivity index (χ2v) is 7.43. The third-order valence-corrected chi connectivity index (χ3v) is 4.34. The number of rotatable bonds is 7. The van der Waals surface area contributed by atoms with E-state index in [1.54, 1.807) is 31.2 Å². The van der Waals surface area contributed by atoms with E-state index in [9.17, 15) is 13.2 Å². The van der Waals surface area contributed by atoms with Gasteiger partial charge in [0.15, 0.2) is 0 Å². The van der Waals surface area contributed by atoms with E-state index >= 15 is 0 Å². The van der Waals surface area contributed by atoms with Crippen LogP contribution in [0.4, 0.5) is 5.69 Å². The smallest absolute Gasteiger partial charge is 0.243 e. The molecule has 0 radical (unpaired) electrons. The summed E-state index contributed by atoms with van der Waals surface area (Å²) in [5.41, 5.74) is 0.426. The van der Waals surface area contributed by atoms with Gasteiger partial charge in [0.1, 0.15) is 11.8 Å². The van der Waals surface area contributed by atoms with Crippen molar-refractivity contribution in [1.29, 1.82) is 0 Å². The average Bonchev–Trinajstić information content (AvgIpc) is 2.44. The molecule has 6 nitrogen and oxygen atoms in total. The molecule has 124 valence electrons. The van der Waals surface area contributed by atoms with Gasteiger partial charge in [-0.3, -0.25) is 9.10 Å². The Balaban J connectivity index is 3.05. The minimum Gasteiger partial charge on any atom is -0.497 e. The Hall–Kier alpha value is -1.76. The molecule has 1 aromatic rings. The molecule has 0 bridgehead atoms. The third-order valence-electron chi connectivity index (χ3n) is 3.10. The summed E-state index contributed by atoms with van der Waals surface area (Å²) in [6, 6.07) is 5.72. The lowest BCUT2D eigenvalue weighted by Gasteiger charge is -2.28. The number of nitrogens with zero attached hydrogens (tertiary/aromatic N) is 1. The summed E-state index contributed by atoms with van der Waals surface area (Å²) in [5.74, 6) is 0.591. The first-order valence-electron chi connectivity index (χ1n) is 7.08. The minimum absolute atomic E-state index is 0.295. The van der Waals surface area contributed by atoms with Crippen molar-refractivity contribution in [2.45, 2.75) is 26.8 Å². The number of ether oxygens (including phenoxy) is 1. The molecule has 0 aliphatic rings. The van der Waals surface area contributed by atoms with Crippen molar-refractivity contribution in [3.8, 4) is 5.75 Å². The number of carbonyl (C=O) groups is 1. The molecule has 1 unspecified atom stereocenters. The maximum absolute atomic E-state index is 12.2. The Bertz CT molecular complexity index is 596. The summed E-state index contributed by atoms with van der Waals surface area (Å²) in [6.07, 6.45) is 1.09. The van der Waals surface area contributed by atoms with Gasteiger partial charge in [0.2, 0.25) is 15.9 Å². The van der Waals surface area contributed by atoms with Gasteiger partial charge in [0, 0.05) is 6.54 Å². The maximum atomic E-state index is 12.2. The third kappa shape index (κ3) is 4.91. The van der Waals surface area contributed by atoms with E-state index in [0.717, 1.165) is 10.6 Å². The highest BCUT2D eigenvalue weighted by molar-refractivity contribution is 7.92. The van der Waals surface area contributed by atoms with Crippen LogP contribution in [0.5, 0.6) is 5.75 Å². The summed E-state index contributed by atoms with van der Waals surface area (Å²) < 4.78 is 30.3.